The Kier molecular flexibility index (Phi) is 5.58. The first-order valence-electron chi connectivity index (χ1n) is 11.2. The zero-order valence-corrected chi connectivity index (χ0v) is 19.3. The van der Waals surface area contributed by atoms with Crippen molar-refractivity contribution in [3.8, 4) is 0 Å². The standard InChI is InChI=1S/C25H26FN3O3S/c1-18-6-8-19(9-7-18)33(31,32)29-13-12-20-22(29)10-11-24(25(20)30)28-16-14-27(15-17-28)23-5-3-2-4-21(23)26/h2-9,12-13,24H,10-11,14-17H2,1H3/t24-/m1/s1. The van der Waals surface area contributed by atoms with Crippen LogP contribution in [0, 0.1) is 12.7 Å². The third-order valence-electron chi connectivity index (χ3n) is 6.70. The van der Waals surface area contributed by atoms with E-state index >= 15 is 0 Å². The van der Waals surface area contributed by atoms with E-state index in [0.717, 1.165) is 5.56 Å². The molecule has 0 amide bonds. The molecule has 5 rings (SSSR count). The second-order valence-electron chi connectivity index (χ2n) is 8.68. The van der Waals surface area contributed by atoms with E-state index in [-0.39, 0.29) is 22.5 Å². The SMILES string of the molecule is Cc1ccc(S(=O)(=O)n2ccc3c2CC[C@@H](N2CCN(c4ccccc4F)CC2)C3=O)cc1. The van der Waals surface area contributed by atoms with E-state index in [2.05, 4.69) is 4.90 Å². The number of benzene rings is 2. The highest BCUT2D eigenvalue weighted by molar-refractivity contribution is 7.90. The molecular weight excluding hydrogens is 441 g/mol. The molecule has 1 aliphatic heterocycles. The van der Waals surface area contributed by atoms with Crippen LogP contribution in [0.4, 0.5) is 10.1 Å². The van der Waals surface area contributed by atoms with Crippen LogP contribution in [0.3, 0.4) is 0 Å². The van der Waals surface area contributed by atoms with Crippen molar-refractivity contribution in [3.63, 3.8) is 0 Å². The van der Waals surface area contributed by atoms with Gasteiger partial charge in [-0.15, -0.1) is 0 Å². The maximum Gasteiger partial charge on any atom is 0.267 e. The fraction of sp³-hybridized carbons (Fsp3) is 0.320. The highest BCUT2D eigenvalue weighted by Gasteiger charge is 2.37. The summed E-state index contributed by atoms with van der Waals surface area (Å²) < 4.78 is 41.7. The summed E-state index contributed by atoms with van der Waals surface area (Å²) >= 11 is 0. The lowest BCUT2D eigenvalue weighted by Gasteiger charge is -2.40. The van der Waals surface area contributed by atoms with Crippen molar-refractivity contribution in [2.45, 2.75) is 30.7 Å². The van der Waals surface area contributed by atoms with E-state index in [1.54, 1.807) is 42.5 Å². The molecule has 2 heterocycles. The van der Waals surface area contributed by atoms with Crippen molar-refractivity contribution in [1.29, 1.82) is 0 Å². The van der Waals surface area contributed by atoms with Crippen LogP contribution in [0.1, 0.15) is 28.0 Å². The molecule has 2 aliphatic rings. The number of aromatic nitrogens is 1. The quantitative estimate of drug-likeness (QED) is 0.588. The van der Waals surface area contributed by atoms with E-state index in [4.69, 9.17) is 0 Å². The minimum Gasteiger partial charge on any atom is -0.367 e. The lowest BCUT2D eigenvalue weighted by atomic mass is 9.90. The first kappa shape index (κ1) is 21.9. The van der Waals surface area contributed by atoms with Crippen molar-refractivity contribution in [2.75, 3.05) is 31.1 Å². The fourth-order valence-corrected chi connectivity index (χ4v) is 6.29. The largest absolute Gasteiger partial charge is 0.367 e. The van der Waals surface area contributed by atoms with Crippen molar-refractivity contribution >= 4 is 21.5 Å². The molecule has 0 N–H and O–H groups in total. The zero-order valence-electron chi connectivity index (χ0n) is 18.4. The predicted molar refractivity (Wildman–Crippen MR) is 125 cm³/mol. The molecule has 0 spiro atoms. The van der Waals surface area contributed by atoms with Gasteiger partial charge >= 0.3 is 0 Å². The predicted octanol–water partition coefficient (Wildman–Crippen LogP) is 3.49. The van der Waals surface area contributed by atoms with Crippen molar-refractivity contribution in [3.05, 3.63) is 83.4 Å². The van der Waals surface area contributed by atoms with E-state index in [9.17, 15) is 17.6 Å². The summed E-state index contributed by atoms with van der Waals surface area (Å²) in [4.78, 5) is 17.7. The molecule has 0 bridgehead atoms. The molecular formula is C25H26FN3O3S. The number of anilines is 1. The lowest BCUT2D eigenvalue weighted by molar-refractivity contribution is 0.0777. The van der Waals surface area contributed by atoms with Crippen LogP contribution in [0.2, 0.25) is 0 Å². The van der Waals surface area contributed by atoms with Gasteiger partial charge in [-0.05, 0) is 50.1 Å². The van der Waals surface area contributed by atoms with Crippen molar-refractivity contribution in [2.24, 2.45) is 0 Å². The van der Waals surface area contributed by atoms with Crippen LogP contribution in [-0.4, -0.2) is 55.3 Å². The Morgan fingerprint density at radius 3 is 2.33 bits per heavy atom. The van der Waals surface area contributed by atoms with Crippen LogP contribution < -0.4 is 4.90 Å². The Balaban J connectivity index is 1.33. The maximum atomic E-state index is 14.1. The number of carbonyl (C=O) groups is 1. The fourth-order valence-electron chi connectivity index (χ4n) is 4.88. The first-order chi connectivity index (χ1) is 15.9. The van der Waals surface area contributed by atoms with Gasteiger partial charge < -0.3 is 4.90 Å². The zero-order chi connectivity index (χ0) is 23.2. The molecule has 0 saturated carbocycles. The molecule has 0 radical (unpaired) electrons. The van der Waals surface area contributed by atoms with E-state index < -0.39 is 10.0 Å². The number of ketones is 1. The summed E-state index contributed by atoms with van der Waals surface area (Å²) in [6.45, 7) is 4.49. The Labute approximate surface area is 193 Å². The van der Waals surface area contributed by atoms with Gasteiger partial charge in [0.2, 0.25) is 0 Å². The van der Waals surface area contributed by atoms with E-state index in [0.29, 0.717) is 56.0 Å². The van der Waals surface area contributed by atoms with Gasteiger partial charge in [-0.3, -0.25) is 9.69 Å². The van der Waals surface area contributed by atoms with Crippen molar-refractivity contribution in [1.82, 2.24) is 8.87 Å². The molecule has 1 aromatic heterocycles. The molecule has 172 valence electrons. The number of rotatable bonds is 4. The third kappa shape index (κ3) is 3.87. The van der Waals surface area contributed by atoms with E-state index in [1.807, 2.05) is 17.9 Å². The molecule has 2 aromatic carbocycles. The monoisotopic (exact) mass is 467 g/mol. The molecule has 8 heteroatoms. The number of nitrogens with zero attached hydrogens (tertiary/aromatic N) is 3. The normalized spacial score (nSPS) is 19.5. The highest BCUT2D eigenvalue weighted by Crippen LogP contribution is 2.30. The second kappa shape index (κ2) is 8.43. The maximum absolute atomic E-state index is 14.1. The molecule has 6 nitrogen and oxygen atoms in total. The smallest absolute Gasteiger partial charge is 0.267 e. The lowest BCUT2D eigenvalue weighted by Crippen LogP contribution is -2.54. The molecule has 1 atom stereocenters. The van der Waals surface area contributed by atoms with Gasteiger partial charge in [-0.25, -0.2) is 16.8 Å². The summed E-state index contributed by atoms with van der Waals surface area (Å²) in [7, 11) is -3.75. The number of halogens is 1. The number of para-hydroxylation sites is 1. The second-order valence-corrected chi connectivity index (χ2v) is 10.5. The first-order valence-corrected chi connectivity index (χ1v) is 12.6. The van der Waals surface area contributed by atoms with Crippen LogP contribution in [0.25, 0.3) is 0 Å². The van der Waals surface area contributed by atoms with Crippen molar-refractivity contribution < 1.29 is 17.6 Å². The molecule has 1 saturated heterocycles. The van der Waals surface area contributed by atoms with Gasteiger partial charge in [-0.2, -0.15) is 0 Å². The van der Waals surface area contributed by atoms with Gasteiger partial charge in [-0.1, -0.05) is 29.8 Å². The molecule has 33 heavy (non-hydrogen) atoms. The van der Waals surface area contributed by atoms with Crippen LogP contribution >= 0.6 is 0 Å². The average molecular weight is 468 g/mol. The summed E-state index contributed by atoms with van der Waals surface area (Å²) in [6.07, 6.45) is 2.58. The number of hydrogen-bond donors (Lipinski definition) is 0. The Hall–Kier alpha value is -2.97. The summed E-state index contributed by atoms with van der Waals surface area (Å²) in [6, 6.07) is 14.8. The number of hydrogen-bond acceptors (Lipinski definition) is 5. The van der Waals surface area contributed by atoms with Gasteiger partial charge in [0.05, 0.1) is 16.6 Å². The number of carbonyl (C=O) groups excluding carboxylic acids is 1. The number of piperazine rings is 1. The Morgan fingerprint density at radius 2 is 1.64 bits per heavy atom. The minimum atomic E-state index is -3.75. The van der Waals surface area contributed by atoms with Crippen LogP contribution in [0.5, 0.6) is 0 Å². The van der Waals surface area contributed by atoms with Gasteiger partial charge in [0.15, 0.2) is 5.78 Å². The van der Waals surface area contributed by atoms with Crippen LogP contribution in [-0.2, 0) is 16.4 Å². The van der Waals surface area contributed by atoms with Crippen LogP contribution in [0.15, 0.2) is 65.7 Å². The number of aryl methyl sites for hydroxylation is 1. The average Bonchev–Trinajstić information content (AvgIpc) is 3.26. The summed E-state index contributed by atoms with van der Waals surface area (Å²) in [5, 5.41) is 0. The van der Waals surface area contributed by atoms with Gasteiger partial charge in [0.25, 0.3) is 10.0 Å². The third-order valence-corrected chi connectivity index (χ3v) is 8.43. The molecule has 3 aromatic rings. The number of fused-ring (bicyclic) bond motifs is 1. The Morgan fingerprint density at radius 1 is 0.939 bits per heavy atom. The van der Waals surface area contributed by atoms with E-state index in [1.165, 1.54) is 16.2 Å². The highest BCUT2D eigenvalue weighted by atomic mass is 32.2. The minimum absolute atomic E-state index is 0.0338. The number of Topliss-reactive ketones (excluding diaryl/α,β-unsaturated/α-hetero) is 1. The van der Waals surface area contributed by atoms with Gasteiger partial charge in [0, 0.05) is 43.6 Å². The topological polar surface area (TPSA) is 62.6 Å². The Bertz CT molecular complexity index is 1290. The molecule has 1 aliphatic carbocycles. The molecule has 0 unspecified atom stereocenters. The molecule has 1 fully saturated rings. The van der Waals surface area contributed by atoms with Gasteiger partial charge in [0.1, 0.15) is 5.82 Å². The summed E-state index contributed by atoms with van der Waals surface area (Å²) in [5.41, 5.74) is 2.62. The summed E-state index contributed by atoms with van der Waals surface area (Å²) in [5.74, 6) is -0.270.